The summed E-state index contributed by atoms with van der Waals surface area (Å²) in [7, 11) is 0. The molecule has 2 aromatic carbocycles. The summed E-state index contributed by atoms with van der Waals surface area (Å²) in [4.78, 5) is 23.9. The first-order valence-corrected chi connectivity index (χ1v) is 7.85. The molecule has 1 heterocycles. The quantitative estimate of drug-likeness (QED) is 0.712. The predicted octanol–water partition coefficient (Wildman–Crippen LogP) is 4.09. The van der Waals surface area contributed by atoms with Crippen molar-refractivity contribution in [2.75, 3.05) is 6.61 Å². The summed E-state index contributed by atoms with van der Waals surface area (Å²) in [6.07, 6.45) is 0. The van der Waals surface area contributed by atoms with Crippen LogP contribution in [-0.4, -0.2) is 17.1 Å². The summed E-state index contributed by atoms with van der Waals surface area (Å²) >= 11 is 12.8. The zero-order valence-corrected chi connectivity index (χ0v) is 13.4. The highest BCUT2D eigenvalue weighted by molar-refractivity contribution is 7.16. The molecule has 0 saturated carbocycles. The van der Waals surface area contributed by atoms with Crippen LogP contribution in [0.4, 0.5) is 0 Å². The molecule has 7 heteroatoms. The number of carbonyl (C=O) groups is 1. The molecular weight excluding hydrogens is 345 g/mol. The van der Waals surface area contributed by atoms with E-state index >= 15 is 0 Å². The second kappa shape index (κ2) is 6.12. The fourth-order valence-corrected chi connectivity index (χ4v) is 3.35. The third-order valence-electron chi connectivity index (χ3n) is 2.98. The van der Waals surface area contributed by atoms with Gasteiger partial charge in [0.25, 0.3) is 5.91 Å². The second-order valence-electron chi connectivity index (χ2n) is 4.43. The van der Waals surface area contributed by atoms with Gasteiger partial charge >= 0.3 is 4.87 Å². The molecule has 3 rings (SSSR count). The molecule has 3 aromatic rings. The number of halogens is 2. The van der Waals surface area contributed by atoms with Gasteiger partial charge in [0, 0.05) is 5.02 Å². The number of benzene rings is 2. The van der Waals surface area contributed by atoms with E-state index in [4.69, 9.17) is 27.9 Å². The molecule has 0 bridgehead atoms. The molecule has 0 aliphatic carbocycles. The number of hydrogen-bond acceptors (Lipinski definition) is 4. The van der Waals surface area contributed by atoms with Gasteiger partial charge in [-0.25, -0.2) is 4.57 Å². The summed E-state index contributed by atoms with van der Waals surface area (Å²) < 4.78 is 7.26. The van der Waals surface area contributed by atoms with Crippen LogP contribution in [0, 0.1) is 0 Å². The van der Waals surface area contributed by atoms with Crippen LogP contribution >= 0.6 is 34.5 Å². The highest BCUT2D eigenvalue weighted by atomic mass is 35.5. The fraction of sp³-hybridized carbons (Fsp3) is 0.0667. The number of thiazole rings is 1. The van der Waals surface area contributed by atoms with Crippen LogP contribution < -0.4 is 9.61 Å². The normalized spacial score (nSPS) is 10.8. The van der Waals surface area contributed by atoms with E-state index in [0.717, 1.165) is 20.6 Å². The Hall–Kier alpha value is -1.82. The number of fused-ring (bicyclic) bond motifs is 1. The average Bonchev–Trinajstić information content (AvgIpc) is 2.82. The molecule has 4 nitrogen and oxygen atoms in total. The van der Waals surface area contributed by atoms with Crippen LogP contribution in [0.15, 0.2) is 47.3 Å². The molecule has 0 unspecified atom stereocenters. The van der Waals surface area contributed by atoms with Crippen LogP contribution in [0.2, 0.25) is 10.0 Å². The van der Waals surface area contributed by atoms with Gasteiger partial charge in [0.15, 0.2) is 6.61 Å². The van der Waals surface area contributed by atoms with Crippen LogP contribution in [-0.2, 0) is 0 Å². The standard InChI is InChI=1S/C15H9Cl2NO3S/c16-9-5-6-12(10(17)7-9)21-8-14(19)18-11-3-1-2-4-13(11)22-15(18)20/h1-7H,8H2. The van der Waals surface area contributed by atoms with Gasteiger partial charge in [-0.15, -0.1) is 0 Å². The molecule has 112 valence electrons. The summed E-state index contributed by atoms with van der Waals surface area (Å²) in [5.41, 5.74) is 0.577. The summed E-state index contributed by atoms with van der Waals surface area (Å²) in [6, 6.07) is 11.8. The molecule has 22 heavy (non-hydrogen) atoms. The molecule has 0 N–H and O–H groups in total. The van der Waals surface area contributed by atoms with E-state index in [1.807, 2.05) is 6.07 Å². The van der Waals surface area contributed by atoms with E-state index in [9.17, 15) is 9.59 Å². The average molecular weight is 354 g/mol. The third kappa shape index (κ3) is 2.88. The van der Waals surface area contributed by atoms with Gasteiger partial charge in [-0.05, 0) is 30.3 Å². The Bertz CT molecular complexity index is 917. The molecule has 0 aliphatic heterocycles. The zero-order valence-electron chi connectivity index (χ0n) is 11.1. The van der Waals surface area contributed by atoms with Crippen molar-refractivity contribution in [2.45, 2.75) is 0 Å². The number of aromatic nitrogens is 1. The largest absolute Gasteiger partial charge is 0.482 e. The van der Waals surface area contributed by atoms with Crippen molar-refractivity contribution >= 4 is 50.7 Å². The van der Waals surface area contributed by atoms with Crippen molar-refractivity contribution in [2.24, 2.45) is 0 Å². The Morgan fingerprint density at radius 2 is 1.95 bits per heavy atom. The number of ether oxygens (including phenoxy) is 1. The van der Waals surface area contributed by atoms with E-state index in [1.54, 1.807) is 30.3 Å². The van der Waals surface area contributed by atoms with Crippen LogP contribution in [0.3, 0.4) is 0 Å². The van der Waals surface area contributed by atoms with Crippen molar-refractivity contribution in [3.8, 4) is 5.75 Å². The molecule has 0 spiro atoms. The molecule has 0 amide bonds. The Balaban J connectivity index is 1.85. The maximum atomic E-state index is 12.3. The van der Waals surface area contributed by atoms with Crippen molar-refractivity contribution in [3.63, 3.8) is 0 Å². The smallest absolute Gasteiger partial charge is 0.315 e. The molecule has 0 atom stereocenters. The van der Waals surface area contributed by atoms with Gasteiger partial charge in [0.05, 0.1) is 15.2 Å². The van der Waals surface area contributed by atoms with E-state index in [1.165, 1.54) is 6.07 Å². The number of para-hydroxylation sites is 1. The minimum atomic E-state index is -0.450. The highest BCUT2D eigenvalue weighted by Crippen LogP contribution is 2.27. The molecule has 0 aliphatic rings. The van der Waals surface area contributed by atoms with E-state index in [0.29, 0.717) is 21.3 Å². The highest BCUT2D eigenvalue weighted by Gasteiger charge is 2.15. The molecular formula is C15H9Cl2NO3S. The Morgan fingerprint density at radius 1 is 1.18 bits per heavy atom. The van der Waals surface area contributed by atoms with Gasteiger partial charge in [-0.1, -0.05) is 46.7 Å². The Morgan fingerprint density at radius 3 is 2.73 bits per heavy atom. The zero-order chi connectivity index (χ0) is 15.7. The molecule has 0 radical (unpaired) electrons. The minimum Gasteiger partial charge on any atom is -0.482 e. The first kappa shape index (κ1) is 15.1. The first-order chi connectivity index (χ1) is 10.6. The van der Waals surface area contributed by atoms with Gasteiger partial charge in [-0.3, -0.25) is 9.59 Å². The van der Waals surface area contributed by atoms with Gasteiger partial charge in [-0.2, -0.15) is 0 Å². The predicted molar refractivity (Wildman–Crippen MR) is 88.7 cm³/mol. The summed E-state index contributed by atoms with van der Waals surface area (Å²) in [6.45, 7) is -0.290. The molecule has 0 fully saturated rings. The van der Waals surface area contributed by atoms with Crippen LogP contribution in [0.25, 0.3) is 10.2 Å². The van der Waals surface area contributed by atoms with E-state index < -0.39 is 5.91 Å². The maximum Gasteiger partial charge on any atom is 0.315 e. The second-order valence-corrected chi connectivity index (χ2v) is 6.27. The summed E-state index contributed by atoms with van der Waals surface area (Å²) in [5, 5.41) is 0.784. The van der Waals surface area contributed by atoms with E-state index in [2.05, 4.69) is 0 Å². The number of rotatable bonds is 3. The van der Waals surface area contributed by atoms with E-state index in [-0.39, 0.29) is 11.5 Å². The topological polar surface area (TPSA) is 48.3 Å². The van der Waals surface area contributed by atoms with Crippen molar-refractivity contribution in [3.05, 3.63) is 62.2 Å². The minimum absolute atomic E-state index is 0.290. The summed E-state index contributed by atoms with van der Waals surface area (Å²) in [5.74, 6) is -0.111. The lowest BCUT2D eigenvalue weighted by atomic mass is 10.3. The molecule has 0 saturated heterocycles. The van der Waals surface area contributed by atoms with Crippen molar-refractivity contribution in [1.29, 1.82) is 0 Å². The van der Waals surface area contributed by atoms with Crippen molar-refractivity contribution in [1.82, 2.24) is 4.57 Å². The lowest BCUT2D eigenvalue weighted by Gasteiger charge is -2.08. The monoisotopic (exact) mass is 353 g/mol. The fourth-order valence-electron chi connectivity index (χ4n) is 2.00. The lowest BCUT2D eigenvalue weighted by Crippen LogP contribution is -2.26. The van der Waals surface area contributed by atoms with Crippen LogP contribution in [0.5, 0.6) is 5.75 Å². The van der Waals surface area contributed by atoms with Crippen molar-refractivity contribution < 1.29 is 9.53 Å². The number of nitrogens with zero attached hydrogens (tertiary/aromatic N) is 1. The Kier molecular flexibility index (Phi) is 4.20. The first-order valence-electron chi connectivity index (χ1n) is 6.28. The third-order valence-corrected chi connectivity index (χ3v) is 4.43. The SMILES string of the molecule is O=C(COc1ccc(Cl)cc1Cl)n1c(=O)sc2ccccc21. The Labute approximate surface area is 139 Å². The van der Waals surface area contributed by atoms with Gasteiger partial charge in [0.2, 0.25) is 0 Å². The van der Waals surface area contributed by atoms with Crippen LogP contribution in [0.1, 0.15) is 4.79 Å². The van der Waals surface area contributed by atoms with Gasteiger partial charge < -0.3 is 4.74 Å². The van der Waals surface area contributed by atoms with Gasteiger partial charge in [0.1, 0.15) is 5.75 Å². The number of hydrogen-bond donors (Lipinski definition) is 0. The maximum absolute atomic E-state index is 12.3. The number of carbonyl (C=O) groups excluding carboxylic acids is 1. The lowest BCUT2D eigenvalue weighted by molar-refractivity contribution is 0.0840. The molecule has 1 aromatic heterocycles.